The highest BCUT2D eigenvalue weighted by atomic mass is 32.2. The molecule has 1 saturated carbocycles. The van der Waals surface area contributed by atoms with Crippen molar-refractivity contribution < 1.29 is 10.0 Å². The lowest BCUT2D eigenvalue weighted by Crippen LogP contribution is -2.51. The van der Waals surface area contributed by atoms with E-state index in [1.807, 2.05) is 11.8 Å². The Labute approximate surface area is 124 Å². The molecule has 0 atom stereocenters. The van der Waals surface area contributed by atoms with Crippen molar-refractivity contribution in [2.45, 2.75) is 44.9 Å². The van der Waals surface area contributed by atoms with Gasteiger partial charge in [0.1, 0.15) is 5.41 Å². The Morgan fingerprint density at radius 1 is 1.30 bits per heavy atom. The number of nitrogens with zero attached hydrogens (tertiary/aromatic N) is 1. The first-order valence-corrected chi connectivity index (χ1v) is 8.68. The number of carbonyl (C=O) groups is 1. The lowest BCUT2D eigenvalue weighted by atomic mass is 9.72. The predicted octanol–water partition coefficient (Wildman–Crippen LogP) is 1.94. The molecule has 0 unspecified atom stereocenters. The molecule has 2 rings (SSSR count). The number of oxime groups is 1. The van der Waals surface area contributed by atoms with Gasteiger partial charge in [-0.3, -0.25) is 4.79 Å². The zero-order chi connectivity index (χ0) is 14.4. The molecule has 1 aliphatic heterocycles. The zero-order valence-electron chi connectivity index (χ0n) is 11.9. The van der Waals surface area contributed by atoms with Crippen LogP contribution in [0, 0.1) is 11.3 Å². The van der Waals surface area contributed by atoms with Crippen LogP contribution in [0.5, 0.6) is 0 Å². The average molecular weight is 299 g/mol. The van der Waals surface area contributed by atoms with Gasteiger partial charge in [0.2, 0.25) is 5.91 Å². The number of thioether (sulfide) groups is 1. The topological polar surface area (TPSA) is 87.7 Å². The summed E-state index contributed by atoms with van der Waals surface area (Å²) in [6.45, 7) is 0.722. The van der Waals surface area contributed by atoms with E-state index in [0.717, 1.165) is 25.8 Å². The quantitative estimate of drug-likeness (QED) is 0.320. The van der Waals surface area contributed by atoms with E-state index in [1.165, 1.54) is 24.3 Å². The molecule has 4 N–H and O–H groups in total. The molecule has 1 saturated heterocycles. The van der Waals surface area contributed by atoms with Gasteiger partial charge in [-0.25, -0.2) is 0 Å². The summed E-state index contributed by atoms with van der Waals surface area (Å²) in [6.07, 6.45) is 6.76. The highest BCUT2D eigenvalue weighted by molar-refractivity contribution is 7.99. The van der Waals surface area contributed by atoms with E-state index in [4.69, 9.17) is 10.9 Å². The van der Waals surface area contributed by atoms with Crippen LogP contribution in [-0.4, -0.2) is 35.0 Å². The Morgan fingerprint density at radius 2 is 1.95 bits per heavy atom. The van der Waals surface area contributed by atoms with E-state index in [1.54, 1.807) is 0 Å². The number of hydrogen-bond acceptors (Lipinski definition) is 4. The molecule has 0 aromatic rings. The summed E-state index contributed by atoms with van der Waals surface area (Å²) in [5.41, 5.74) is 5.05. The average Bonchev–Trinajstić information content (AvgIpc) is 2.53. The number of nitrogens with one attached hydrogen (secondary N) is 1. The highest BCUT2D eigenvalue weighted by Gasteiger charge is 2.43. The van der Waals surface area contributed by atoms with Crippen LogP contribution in [0.2, 0.25) is 0 Å². The van der Waals surface area contributed by atoms with Gasteiger partial charge in [-0.2, -0.15) is 11.8 Å². The highest BCUT2D eigenvalue weighted by Crippen LogP contribution is 2.37. The van der Waals surface area contributed by atoms with Gasteiger partial charge in [-0.1, -0.05) is 24.4 Å². The normalized spacial score (nSPS) is 24.3. The van der Waals surface area contributed by atoms with Crippen molar-refractivity contribution in [3.05, 3.63) is 0 Å². The molecule has 1 aliphatic carbocycles. The second kappa shape index (κ2) is 7.20. The van der Waals surface area contributed by atoms with Crippen molar-refractivity contribution in [3.8, 4) is 0 Å². The second-order valence-electron chi connectivity index (χ2n) is 5.89. The van der Waals surface area contributed by atoms with Crippen LogP contribution < -0.4 is 11.1 Å². The number of rotatable bonds is 4. The van der Waals surface area contributed by atoms with Gasteiger partial charge in [-0.05, 0) is 43.1 Å². The first-order valence-electron chi connectivity index (χ1n) is 7.53. The lowest BCUT2D eigenvalue weighted by Gasteiger charge is -2.35. The predicted molar refractivity (Wildman–Crippen MR) is 82.0 cm³/mol. The fourth-order valence-corrected chi connectivity index (χ4v) is 4.41. The van der Waals surface area contributed by atoms with Crippen molar-refractivity contribution in [1.82, 2.24) is 5.32 Å². The van der Waals surface area contributed by atoms with Crippen LogP contribution in [0.1, 0.15) is 44.9 Å². The van der Waals surface area contributed by atoms with Crippen molar-refractivity contribution in [2.75, 3.05) is 18.1 Å². The van der Waals surface area contributed by atoms with Crippen molar-refractivity contribution in [3.63, 3.8) is 0 Å². The van der Waals surface area contributed by atoms with Crippen molar-refractivity contribution >= 4 is 23.5 Å². The zero-order valence-corrected chi connectivity index (χ0v) is 12.8. The molecule has 20 heavy (non-hydrogen) atoms. The minimum atomic E-state index is -0.781. The Balaban J connectivity index is 1.96. The summed E-state index contributed by atoms with van der Waals surface area (Å²) in [7, 11) is 0. The third kappa shape index (κ3) is 3.40. The number of hydrogen-bond donors (Lipinski definition) is 3. The number of amides is 1. The molecule has 2 fully saturated rings. The van der Waals surface area contributed by atoms with Crippen LogP contribution in [0.15, 0.2) is 5.16 Å². The molecular formula is C14H25N3O2S. The van der Waals surface area contributed by atoms with E-state index in [2.05, 4.69) is 10.5 Å². The van der Waals surface area contributed by atoms with Crippen LogP contribution in [0.4, 0.5) is 0 Å². The summed E-state index contributed by atoms with van der Waals surface area (Å²) in [4.78, 5) is 12.6. The Bertz CT molecular complexity index is 361. The van der Waals surface area contributed by atoms with Gasteiger partial charge < -0.3 is 16.3 Å². The summed E-state index contributed by atoms with van der Waals surface area (Å²) >= 11 is 1.98. The minimum Gasteiger partial charge on any atom is -0.409 e. The van der Waals surface area contributed by atoms with E-state index in [0.29, 0.717) is 18.8 Å². The van der Waals surface area contributed by atoms with E-state index < -0.39 is 5.41 Å². The Morgan fingerprint density at radius 3 is 2.55 bits per heavy atom. The summed E-state index contributed by atoms with van der Waals surface area (Å²) in [6, 6.07) is 0. The van der Waals surface area contributed by atoms with Crippen LogP contribution in [0.3, 0.4) is 0 Å². The lowest BCUT2D eigenvalue weighted by molar-refractivity contribution is -0.129. The van der Waals surface area contributed by atoms with Crippen LogP contribution in [0.25, 0.3) is 0 Å². The van der Waals surface area contributed by atoms with Crippen molar-refractivity contribution in [1.29, 1.82) is 0 Å². The number of carbonyl (C=O) groups excluding carboxylic acids is 1. The minimum absolute atomic E-state index is 0.0503. The van der Waals surface area contributed by atoms with Crippen LogP contribution in [-0.2, 0) is 4.79 Å². The molecule has 0 radical (unpaired) electrons. The Hall–Kier alpha value is -0.910. The number of nitrogens with two attached hydrogens (primary N) is 1. The summed E-state index contributed by atoms with van der Waals surface area (Å²) in [5.74, 6) is 2.98. The van der Waals surface area contributed by atoms with Crippen molar-refractivity contribution in [2.24, 2.45) is 22.2 Å². The standard InChI is InChI=1S/C14H25N3O2S/c15-12(17-19)14(6-2-1-3-7-14)13(18)16-10-11-4-8-20-9-5-11/h11,19H,1-10H2,(H2,15,17)(H,16,18). The smallest absolute Gasteiger partial charge is 0.233 e. The molecule has 114 valence electrons. The SMILES string of the molecule is NC(=NO)C1(C(=O)NCC2CCSCC2)CCCCC1. The molecular weight excluding hydrogens is 274 g/mol. The molecule has 5 nitrogen and oxygen atoms in total. The molecule has 2 aliphatic rings. The third-order valence-electron chi connectivity index (χ3n) is 4.63. The van der Waals surface area contributed by atoms with E-state index in [-0.39, 0.29) is 11.7 Å². The first kappa shape index (κ1) is 15.5. The molecule has 0 aromatic heterocycles. The summed E-state index contributed by atoms with van der Waals surface area (Å²) < 4.78 is 0. The van der Waals surface area contributed by atoms with Gasteiger partial charge in [0.05, 0.1) is 0 Å². The van der Waals surface area contributed by atoms with E-state index in [9.17, 15) is 4.79 Å². The van der Waals surface area contributed by atoms with Gasteiger partial charge in [-0.15, -0.1) is 0 Å². The molecule has 6 heteroatoms. The summed E-state index contributed by atoms with van der Waals surface area (Å²) in [5, 5.41) is 15.2. The second-order valence-corrected chi connectivity index (χ2v) is 7.12. The maximum absolute atomic E-state index is 12.6. The van der Waals surface area contributed by atoms with Gasteiger partial charge in [0, 0.05) is 6.54 Å². The molecule has 0 aromatic carbocycles. The molecule has 0 bridgehead atoms. The molecule has 0 spiro atoms. The van der Waals surface area contributed by atoms with E-state index >= 15 is 0 Å². The fraction of sp³-hybridized carbons (Fsp3) is 0.857. The van der Waals surface area contributed by atoms with Gasteiger partial charge in [0.25, 0.3) is 0 Å². The first-order chi connectivity index (χ1) is 9.69. The molecule has 1 amide bonds. The number of amidine groups is 1. The largest absolute Gasteiger partial charge is 0.409 e. The maximum atomic E-state index is 12.6. The Kier molecular flexibility index (Phi) is 5.57. The van der Waals surface area contributed by atoms with Gasteiger partial charge >= 0.3 is 0 Å². The molecule has 1 heterocycles. The fourth-order valence-electron chi connectivity index (χ4n) is 3.21. The third-order valence-corrected chi connectivity index (χ3v) is 5.68. The monoisotopic (exact) mass is 299 g/mol. The van der Waals surface area contributed by atoms with Crippen LogP contribution >= 0.6 is 11.8 Å². The maximum Gasteiger partial charge on any atom is 0.233 e. The van der Waals surface area contributed by atoms with Gasteiger partial charge in [0.15, 0.2) is 5.84 Å².